The summed E-state index contributed by atoms with van der Waals surface area (Å²) in [6.07, 6.45) is 0.0642. The molecule has 0 aromatic heterocycles. The highest BCUT2D eigenvalue weighted by molar-refractivity contribution is 6.31. The summed E-state index contributed by atoms with van der Waals surface area (Å²) in [5.41, 5.74) is 6.76. The van der Waals surface area contributed by atoms with Crippen molar-refractivity contribution in [3.63, 3.8) is 0 Å². The molecule has 2 rings (SSSR count). The zero-order chi connectivity index (χ0) is 15.4. The number of nitro groups is 1. The maximum atomic E-state index is 12.0. The van der Waals surface area contributed by atoms with Crippen molar-refractivity contribution in [2.75, 3.05) is 11.1 Å². The molecule has 0 atom stereocenters. The molecule has 0 heterocycles. The van der Waals surface area contributed by atoms with Crippen molar-refractivity contribution in [2.24, 2.45) is 0 Å². The van der Waals surface area contributed by atoms with Crippen LogP contribution in [0.25, 0.3) is 0 Å². The number of anilines is 2. The first kappa shape index (κ1) is 14.8. The Hall–Kier alpha value is -2.60. The summed E-state index contributed by atoms with van der Waals surface area (Å²) in [6, 6.07) is 10.9. The standard InChI is InChI=1S/C14H12ClN3O3/c15-10-4-5-13(18(20)21)12(8-10)17-14(19)7-9-2-1-3-11(16)6-9/h1-6,8H,7,16H2,(H,17,19). The second-order valence-electron chi connectivity index (χ2n) is 4.39. The number of carbonyl (C=O) groups is 1. The van der Waals surface area contributed by atoms with Gasteiger partial charge in [0.2, 0.25) is 5.91 Å². The molecule has 1 amide bonds. The monoisotopic (exact) mass is 305 g/mol. The van der Waals surface area contributed by atoms with Crippen LogP contribution < -0.4 is 11.1 Å². The number of benzene rings is 2. The van der Waals surface area contributed by atoms with Crippen LogP contribution in [-0.2, 0) is 11.2 Å². The first-order valence-corrected chi connectivity index (χ1v) is 6.42. The molecule has 2 aromatic carbocycles. The Bertz CT molecular complexity index is 704. The van der Waals surface area contributed by atoms with E-state index in [0.717, 1.165) is 5.56 Å². The summed E-state index contributed by atoms with van der Waals surface area (Å²) in [4.78, 5) is 22.3. The first-order chi connectivity index (χ1) is 9.95. The minimum Gasteiger partial charge on any atom is -0.399 e. The van der Waals surface area contributed by atoms with Gasteiger partial charge in [-0.25, -0.2) is 0 Å². The summed E-state index contributed by atoms with van der Waals surface area (Å²) in [5, 5.41) is 13.7. The molecule has 0 radical (unpaired) electrons. The topological polar surface area (TPSA) is 98.3 Å². The van der Waals surface area contributed by atoms with E-state index in [4.69, 9.17) is 17.3 Å². The minimum atomic E-state index is -0.577. The Morgan fingerprint density at radius 3 is 2.71 bits per heavy atom. The Kier molecular flexibility index (Phi) is 4.39. The summed E-state index contributed by atoms with van der Waals surface area (Å²) >= 11 is 5.80. The van der Waals surface area contributed by atoms with Crippen LogP contribution in [0.1, 0.15) is 5.56 Å². The van der Waals surface area contributed by atoms with E-state index >= 15 is 0 Å². The number of amides is 1. The number of nitrogen functional groups attached to an aromatic ring is 1. The molecular weight excluding hydrogens is 294 g/mol. The van der Waals surface area contributed by atoms with Crippen molar-refractivity contribution in [3.8, 4) is 0 Å². The highest BCUT2D eigenvalue weighted by Crippen LogP contribution is 2.27. The quantitative estimate of drug-likeness (QED) is 0.515. The zero-order valence-corrected chi connectivity index (χ0v) is 11.6. The molecule has 6 nitrogen and oxygen atoms in total. The average molecular weight is 306 g/mol. The molecule has 0 saturated carbocycles. The molecule has 21 heavy (non-hydrogen) atoms. The highest BCUT2D eigenvalue weighted by atomic mass is 35.5. The number of carbonyl (C=O) groups excluding carboxylic acids is 1. The molecule has 2 aromatic rings. The number of rotatable bonds is 4. The van der Waals surface area contributed by atoms with Crippen LogP contribution in [0.3, 0.4) is 0 Å². The third-order valence-electron chi connectivity index (χ3n) is 2.75. The van der Waals surface area contributed by atoms with Crippen LogP contribution in [0, 0.1) is 10.1 Å². The predicted octanol–water partition coefficient (Wildman–Crippen LogP) is 3.01. The van der Waals surface area contributed by atoms with Gasteiger partial charge in [-0.2, -0.15) is 0 Å². The van der Waals surface area contributed by atoms with Gasteiger partial charge in [0, 0.05) is 16.8 Å². The largest absolute Gasteiger partial charge is 0.399 e. The Morgan fingerprint density at radius 2 is 2.05 bits per heavy atom. The molecule has 0 unspecified atom stereocenters. The molecule has 108 valence electrons. The molecule has 0 bridgehead atoms. The van der Waals surface area contributed by atoms with E-state index in [9.17, 15) is 14.9 Å². The molecule has 7 heteroatoms. The lowest BCUT2D eigenvalue weighted by Gasteiger charge is -2.07. The molecule has 0 aliphatic heterocycles. The average Bonchev–Trinajstić information content (AvgIpc) is 2.38. The number of nitrogens with zero attached hydrogens (tertiary/aromatic N) is 1. The van der Waals surface area contributed by atoms with Crippen LogP contribution >= 0.6 is 11.6 Å². The molecule has 0 fully saturated rings. The van der Waals surface area contributed by atoms with E-state index in [1.54, 1.807) is 24.3 Å². The second-order valence-corrected chi connectivity index (χ2v) is 4.83. The maximum Gasteiger partial charge on any atom is 0.292 e. The van der Waals surface area contributed by atoms with Gasteiger partial charge in [0.05, 0.1) is 11.3 Å². The summed E-state index contributed by atoms with van der Waals surface area (Å²) in [5.74, 6) is -0.383. The SMILES string of the molecule is Nc1cccc(CC(=O)Nc2cc(Cl)ccc2[N+](=O)[O-])c1. The lowest BCUT2D eigenvalue weighted by Crippen LogP contribution is -2.15. The van der Waals surface area contributed by atoms with Gasteiger partial charge < -0.3 is 11.1 Å². The molecular formula is C14H12ClN3O3. The van der Waals surface area contributed by atoms with Crippen molar-refractivity contribution in [2.45, 2.75) is 6.42 Å². The number of halogens is 1. The van der Waals surface area contributed by atoms with Crippen LogP contribution in [0.15, 0.2) is 42.5 Å². The lowest BCUT2D eigenvalue weighted by molar-refractivity contribution is -0.383. The van der Waals surface area contributed by atoms with E-state index < -0.39 is 4.92 Å². The van der Waals surface area contributed by atoms with Gasteiger partial charge in [-0.1, -0.05) is 23.7 Å². The summed E-state index contributed by atoms with van der Waals surface area (Å²) < 4.78 is 0. The normalized spacial score (nSPS) is 10.1. The van der Waals surface area contributed by atoms with Crippen molar-refractivity contribution >= 4 is 34.6 Å². The van der Waals surface area contributed by atoms with E-state index in [2.05, 4.69) is 5.32 Å². The number of hydrogen-bond acceptors (Lipinski definition) is 4. The Balaban J connectivity index is 2.16. The van der Waals surface area contributed by atoms with Crippen LogP contribution in [0.4, 0.5) is 17.1 Å². The van der Waals surface area contributed by atoms with Crippen LogP contribution in [-0.4, -0.2) is 10.8 Å². The van der Waals surface area contributed by atoms with Crippen LogP contribution in [0.2, 0.25) is 5.02 Å². The Labute approximate surface area is 125 Å². The molecule has 0 aliphatic rings. The van der Waals surface area contributed by atoms with Crippen molar-refractivity contribution in [1.82, 2.24) is 0 Å². The fourth-order valence-electron chi connectivity index (χ4n) is 1.85. The first-order valence-electron chi connectivity index (χ1n) is 6.04. The van der Waals surface area contributed by atoms with Gasteiger partial charge >= 0.3 is 0 Å². The maximum absolute atomic E-state index is 12.0. The highest BCUT2D eigenvalue weighted by Gasteiger charge is 2.16. The molecule has 3 N–H and O–H groups in total. The van der Waals surface area contributed by atoms with E-state index in [1.165, 1.54) is 18.2 Å². The number of hydrogen-bond donors (Lipinski definition) is 2. The third-order valence-corrected chi connectivity index (χ3v) is 2.98. The molecule has 0 spiro atoms. The zero-order valence-electron chi connectivity index (χ0n) is 10.9. The van der Waals surface area contributed by atoms with E-state index in [1.807, 2.05) is 0 Å². The minimum absolute atomic E-state index is 0.0642. The van der Waals surface area contributed by atoms with Gasteiger partial charge in [-0.3, -0.25) is 14.9 Å². The number of nitrogens with one attached hydrogen (secondary N) is 1. The summed E-state index contributed by atoms with van der Waals surface area (Å²) in [6.45, 7) is 0. The van der Waals surface area contributed by atoms with Crippen molar-refractivity contribution in [3.05, 3.63) is 63.2 Å². The second kappa shape index (κ2) is 6.23. The Morgan fingerprint density at radius 1 is 1.29 bits per heavy atom. The number of nitro benzene ring substituents is 1. The smallest absolute Gasteiger partial charge is 0.292 e. The lowest BCUT2D eigenvalue weighted by atomic mass is 10.1. The molecule has 0 saturated heterocycles. The van der Waals surface area contributed by atoms with Gasteiger partial charge in [0.25, 0.3) is 5.69 Å². The van der Waals surface area contributed by atoms with Crippen molar-refractivity contribution in [1.29, 1.82) is 0 Å². The van der Waals surface area contributed by atoms with Crippen molar-refractivity contribution < 1.29 is 9.72 Å². The predicted molar refractivity (Wildman–Crippen MR) is 81.3 cm³/mol. The van der Waals surface area contributed by atoms with Gasteiger partial charge in [-0.15, -0.1) is 0 Å². The van der Waals surface area contributed by atoms with E-state index in [-0.39, 0.29) is 23.7 Å². The van der Waals surface area contributed by atoms with Gasteiger partial charge in [0.15, 0.2) is 0 Å². The molecule has 0 aliphatic carbocycles. The van der Waals surface area contributed by atoms with Crippen LogP contribution in [0.5, 0.6) is 0 Å². The summed E-state index contributed by atoms with van der Waals surface area (Å²) in [7, 11) is 0. The number of nitrogens with two attached hydrogens (primary N) is 1. The van der Waals surface area contributed by atoms with E-state index in [0.29, 0.717) is 10.7 Å². The fraction of sp³-hybridized carbons (Fsp3) is 0.0714. The van der Waals surface area contributed by atoms with Gasteiger partial charge in [-0.05, 0) is 29.8 Å². The third kappa shape index (κ3) is 3.93. The fourth-order valence-corrected chi connectivity index (χ4v) is 2.02. The van der Waals surface area contributed by atoms with Gasteiger partial charge in [0.1, 0.15) is 5.69 Å².